The first-order valence-electron chi connectivity index (χ1n) is 8.05. The molecular weight excluding hydrogens is 254 g/mol. The Kier molecular flexibility index (Phi) is 6.01. The summed E-state index contributed by atoms with van der Waals surface area (Å²) >= 11 is 0. The van der Waals surface area contributed by atoms with Crippen LogP contribution >= 0.6 is 0 Å². The molecule has 0 aromatic heterocycles. The van der Waals surface area contributed by atoms with Crippen LogP contribution in [0, 0.1) is 5.92 Å². The number of hydrogen-bond acceptors (Lipinski definition) is 1. The first kappa shape index (κ1) is 15.8. The maximum absolute atomic E-state index is 3.83. The lowest BCUT2D eigenvalue weighted by atomic mass is 9.95. The number of nitrogens with one attached hydrogen (secondary N) is 1. The lowest BCUT2D eigenvalue weighted by Crippen LogP contribution is -2.36. The minimum Gasteiger partial charge on any atom is -0.307 e. The van der Waals surface area contributed by atoms with Crippen LogP contribution in [-0.2, 0) is 6.42 Å². The van der Waals surface area contributed by atoms with Gasteiger partial charge >= 0.3 is 0 Å². The highest BCUT2D eigenvalue weighted by Crippen LogP contribution is 2.21. The Morgan fingerprint density at radius 3 is 2.00 bits per heavy atom. The normalized spacial score (nSPS) is 15.4. The molecule has 0 aliphatic carbocycles. The summed E-state index contributed by atoms with van der Waals surface area (Å²) in [6.45, 7) is 6.88. The Bertz CT molecular complexity index is 506. The van der Waals surface area contributed by atoms with Crippen molar-refractivity contribution < 1.29 is 0 Å². The summed E-state index contributed by atoms with van der Waals surface area (Å²) in [4.78, 5) is 0. The zero-order valence-electron chi connectivity index (χ0n) is 13.4. The topological polar surface area (TPSA) is 12.0 Å². The molecule has 1 nitrogen and oxygen atoms in total. The zero-order chi connectivity index (χ0) is 15.1. The number of hydrogen-bond donors (Lipinski definition) is 1. The molecule has 0 spiro atoms. The minimum atomic E-state index is 0.373. The summed E-state index contributed by atoms with van der Waals surface area (Å²) in [5.74, 6) is 0.687. The molecule has 0 heterocycles. The van der Waals surface area contributed by atoms with Gasteiger partial charge in [0.2, 0.25) is 0 Å². The van der Waals surface area contributed by atoms with Crippen LogP contribution in [0.15, 0.2) is 60.7 Å². The summed E-state index contributed by atoms with van der Waals surface area (Å²) in [5, 5.41) is 3.83. The maximum atomic E-state index is 3.83. The second-order valence-electron chi connectivity index (χ2n) is 5.99. The molecule has 3 atom stereocenters. The standard InChI is InChI=1S/C20H27N/c1-4-16(2)17(3)21-20(19-13-9-6-10-14-19)15-18-11-7-5-8-12-18/h5-14,16-17,20-21H,4,15H2,1-3H3. The highest BCUT2D eigenvalue weighted by molar-refractivity contribution is 5.23. The van der Waals surface area contributed by atoms with Gasteiger partial charge in [-0.3, -0.25) is 0 Å². The molecule has 1 heteroatoms. The van der Waals surface area contributed by atoms with Crippen molar-refractivity contribution in [1.29, 1.82) is 0 Å². The zero-order valence-corrected chi connectivity index (χ0v) is 13.4. The molecule has 0 radical (unpaired) electrons. The van der Waals surface area contributed by atoms with Crippen LogP contribution in [0.5, 0.6) is 0 Å². The SMILES string of the molecule is CCC(C)C(C)NC(Cc1ccccc1)c1ccccc1. The van der Waals surface area contributed by atoms with Crippen molar-refractivity contribution in [3.05, 3.63) is 71.8 Å². The van der Waals surface area contributed by atoms with Crippen molar-refractivity contribution in [2.45, 2.75) is 45.7 Å². The predicted octanol–water partition coefficient (Wildman–Crippen LogP) is 4.99. The largest absolute Gasteiger partial charge is 0.307 e. The van der Waals surface area contributed by atoms with E-state index in [2.05, 4.69) is 86.8 Å². The third-order valence-electron chi connectivity index (χ3n) is 4.45. The van der Waals surface area contributed by atoms with Crippen molar-refractivity contribution in [3.8, 4) is 0 Å². The van der Waals surface area contributed by atoms with Gasteiger partial charge in [0, 0.05) is 12.1 Å². The van der Waals surface area contributed by atoms with Gasteiger partial charge in [-0.25, -0.2) is 0 Å². The molecule has 2 aromatic carbocycles. The van der Waals surface area contributed by atoms with Crippen molar-refractivity contribution in [1.82, 2.24) is 5.32 Å². The smallest absolute Gasteiger partial charge is 0.0363 e. The fraction of sp³-hybridized carbons (Fsp3) is 0.400. The Balaban J connectivity index is 2.15. The van der Waals surface area contributed by atoms with E-state index in [0.29, 0.717) is 18.0 Å². The van der Waals surface area contributed by atoms with Gasteiger partial charge in [0.25, 0.3) is 0 Å². The molecule has 3 unspecified atom stereocenters. The molecule has 1 N–H and O–H groups in total. The highest BCUT2D eigenvalue weighted by atomic mass is 14.9. The van der Waals surface area contributed by atoms with Crippen LogP contribution < -0.4 is 5.32 Å². The van der Waals surface area contributed by atoms with E-state index in [1.165, 1.54) is 17.5 Å². The van der Waals surface area contributed by atoms with Crippen LogP contribution in [0.1, 0.15) is 44.4 Å². The van der Waals surface area contributed by atoms with Crippen molar-refractivity contribution in [3.63, 3.8) is 0 Å². The van der Waals surface area contributed by atoms with Crippen LogP contribution in [0.4, 0.5) is 0 Å². The van der Waals surface area contributed by atoms with Crippen LogP contribution in [-0.4, -0.2) is 6.04 Å². The van der Waals surface area contributed by atoms with Gasteiger partial charge in [-0.1, -0.05) is 80.9 Å². The fourth-order valence-electron chi connectivity index (χ4n) is 2.64. The summed E-state index contributed by atoms with van der Waals surface area (Å²) in [7, 11) is 0. The second-order valence-corrected chi connectivity index (χ2v) is 5.99. The Morgan fingerprint density at radius 2 is 1.43 bits per heavy atom. The average molecular weight is 281 g/mol. The van der Waals surface area contributed by atoms with Gasteiger partial charge in [0.05, 0.1) is 0 Å². The monoisotopic (exact) mass is 281 g/mol. The van der Waals surface area contributed by atoms with Crippen LogP contribution in [0.25, 0.3) is 0 Å². The molecule has 21 heavy (non-hydrogen) atoms. The molecule has 0 saturated carbocycles. The molecule has 0 fully saturated rings. The Morgan fingerprint density at radius 1 is 0.857 bits per heavy atom. The molecule has 0 aliphatic rings. The van der Waals surface area contributed by atoms with Gasteiger partial charge < -0.3 is 5.32 Å². The lowest BCUT2D eigenvalue weighted by Gasteiger charge is -2.27. The highest BCUT2D eigenvalue weighted by Gasteiger charge is 2.17. The van der Waals surface area contributed by atoms with E-state index in [-0.39, 0.29) is 0 Å². The van der Waals surface area contributed by atoms with E-state index in [9.17, 15) is 0 Å². The summed E-state index contributed by atoms with van der Waals surface area (Å²) in [5.41, 5.74) is 2.76. The van der Waals surface area contributed by atoms with Gasteiger partial charge in [-0.05, 0) is 30.4 Å². The molecular formula is C20H27N. The third-order valence-corrected chi connectivity index (χ3v) is 4.45. The molecule has 2 aromatic rings. The van der Waals surface area contributed by atoms with Crippen molar-refractivity contribution >= 4 is 0 Å². The van der Waals surface area contributed by atoms with E-state index in [1.807, 2.05) is 0 Å². The summed E-state index contributed by atoms with van der Waals surface area (Å²) in [6.07, 6.45) is 2.24. The van der Waals surface area contributed by atoms with Crippen LogP contribution in [0.2, 0.25) is 0 Å². The molecule has 0 bridgehead atoms. The van der Waals surface area contributed by atoms with E-state index in [4.69, 9.17) is 0 Å². The van der Waals surface area contributed by atoms with E-state index < -0.39 is 0 Å². The van der Waals surface area contributed by atoms with Crippen molar-refractivity contribution in [2.24, 2.45) is 5.92 Å². The van der Waals surface area contributed by atoms with Crippen LogP contribution in [0.3, 0.4) is 0 Å². The molecule has 0 saturated heterocycles. The van der Waals surface area contributed by atoms with Gasteiger partial charge in [-0.2, -0.15) is 0 Å². The summed E-state index contributed by atoms with van der Waals surface area (Å²) in [6, 6.07) is 22.4. The average Bonchev–Trinajstić information content (AvgIpc) is 2.55. The molecule has 0 amide bonds. The quantitative estimate of drug-likeness (QED) is 0.753. The molecule has 0 aliphatic heterocycles. The van der Waals surface area contributed by atoms with Crippen molar-refractivity contribution in [2.75, 3.05) is 0 Å². The molecule has 2 rings (SSSR count). The first-order chi connectivity index (χ1) is 10.2. The number of rotatable bonds is 7. The second kappa shape index (κ2) is 7.99. The van der Waals surface area contributed by atoms with E-state index >= 15 is 0 Å². The van der Waals surface area contributed by atoms with Gasteiger partial charge in [0.1, 0.15) is 0 Å². The van der Waals surface area contributed by atoms with E-state index in [0.717, 1.165) is 6.42 Å². The third kappa shape index (κ3) is 4.71. The Labute approximate surface area is 129 Å². The maximum Gasteiger partial charge on any atom is 0.0363 e. The predicted molar refractivity (Wildman–Crippen MR) is 91.4 cm³/mol. The van der Waals surface area contributed by atoms with Gasteiger partial charge in [-0.15, -0.1) is 0 Å². The Hall–Kier alpha value is -1.60. The van der Waals surface area contributed by atoms with E-state index in [1.54, 1.807) is 0 Å². The summed E-state index contributed by atoms with van der Waals surface area (Å²) < 4.78 is 0. The fourth-order valence-corrected chi connectivity index (χ4v) is 2.64. The molecule has 112 valence electrons. The number of benzene rings is 2. The van der Waals surface area contributed by atoms with Gasteiger partial charge in [0.15, 0.2) is 0 Å². The first-order valence-corrected chi connectivity index (χ1v) is 8.05. The lowest BCUT2D eigenvalue weighted by molar-refractivity contribution is 0.349. The minimum absolute atomic E-state index is 0.373.